The van der Waals surface area contributed by atoms with E-state index in [-0.39, 0.29) is 24.1 Å². The van der Waals surface area contributed by atoms with Gasteiger partial charge in [0.1, 0.15) is 0 Å². The van der Waals surface area contributed by atoms with E-state index in [2.05, 4.69) is 0 Å². The molecule has 0 aliphatic carbocycles. The number of nitro groups is 1. The summed E-state index contributed by atoms with van der Waals surface area (Å²) in [6.07, 6.45) is 0.325. The van der Waals surface area contributed by atoms with E-state index in [1.807, 2.05) is 0 Å². The number of rotatable bonds is 3. The number of nitro benzene ring substituents is 1. The summed E-state index contributed by atoms with van der Waals surface area (Å²) in [5.41, 5.74) is 1.99. The molecule has 1 unspecified atom stereocenters. The molecule has 102 valence electrons. The molecule has 0 bridgehead atoms. The Morgan fingerprint density at radius 2 is 2.11 bits per heavy atom. The maximum atomic E-state index is 11.9. The minimum atomic E-state index is -0.422. The van der Waals surface area contributed by atoms with Gasteiger partial charge in [0.15, 0.2) is 0 Å². The molecule has 1 aromatic rings. The predicted molar refractivity (Wildman–Crippen MR) is 70.1 cm³/mol. The Morgan fingerprint density at radius 1 is 1.42 bits per heavy atom. The maximum absolute atomic E-state index is 11.9. The molecule has 1 saturated heterocycles. The van der Waals surface area contributed by atoms with E-state index in [9.17, 15) is 14.9 Å². The van der Waals surface area contributed by atoms with Crippen molar-refractivity contribution in [1.29, 1.82) is 0 Å². The lowest BCUT2D eigenvalue weighted by molar-refractivity contribution is -0.385. The molecule has 0 aromatic heterocycles. The Hall–Kier alpha value is -1.95. The van der Waals surface area contributed by atoms with Crippen LogP contribution in [0, 0.1) is 29.9 Å². The van der Waals surface area contributed by atoms with Gasteiger partial charge in [-0.2, -0.15) is 0 Å². The molecular weight excluding hydrogens is 248 g/mol. The van der Waals surface area contributed by atoms with Gasteiger partial charge in [-0.3, -0.25) is 14.9 Å². The van der Waals surface area contributed by atoms with Crippen LogP contribution in [-0.2, 0) is 4.79 Å². The number of aliphatic hydroxyl groups excluding tert-OH is 1. The zero-order chi connectivity index (χ0) is 14.2. The van der Waals surface area contributed by atoms with Crippen LogP contribution >= 0.6 is 0 Å². The number of anilines is 1. The van der Waals surface area contributed by atoms with Crippen molar-refractivity contribution in [2.75, 3.05) is 18.1 Å². The zero-order valence-corrected chi connectivity index (χ0v) is 10.9. The number of hydrogen-bond donors (Lipinski definition) is 1. The Balaban J connectivity index is 2.39. The summed E-state index contributed by atoms with van der Waals surface area (Å²) in [4.78, 5) is 24.0. The minimum Gasteiger partial charge on any atom is -0.396 e. The van der Waals surface area contributed by atoms with Crippen LogP contribution < -0.4 is 4.90 Å². The van der Waals surface area contributed by atoms with E-state index >= 15 is 0 Å². The third kappa shape index (κ3) is 2.44. The molecule has 0 saturated carbocycles. The Labute approximate surface area is 110 Å². The van der Waals surface area contributed by atoms with Crippen molar-refractivity contribution in [3.63, 3.8) is 0 Å². The Bertz CT molecular complexity index is 542. The lowest BCUT2D eigenvalue weighted by atomic mass is 10.1. The molecule has 1 heterocycles. The second-order valence-electron chi connectivity index (χ2n) is 4.94. The third-order valence-electron chi connectivity index (χ3n) is 3.47. The fourth-order valence-electron chi connectivity index (χ4n) is 2.41. The van der Waals surface area contributed by atoms with Crippen molar-refractivity contribution in [3.05, 3.63) is 33.4 Å². The molecule has 2 rings (SSSR count). The van der Waals surface area contributed by atoms with Gasteiger partial charge in [0.2, 0.25) is 5.91 Å². The van der Waals surface area contributed by atoms with Gasteiger partial charge >= 0.3 is 0 Å². The van der Waals surface area contributed by atoms with Gasteiger partial charge in [-0.1, -0.05) is 0 Å². The quantitative estimate of drug-likeness (QED) is 0.663. The number of benzene rings is 1. The molecule has 1 N–H and O–H groups in total. The first-order valence-corrected chi connectivity index (χ1v) is 6.11. The van der Waals surface area contributed by atoms with Crippen molar-refractivity contribution in [3.8, 4) is 0 Å². The van der Waals surface area contributed by atoms with Crippen molar-refractivity contribution >= 4 is 17.3 Å². The lowest BCUT2D eigenvalue weighted by Gasteiger charge is -2.19. The predicted octanol–water partition coefficient (Wildman–Crippen LogP) is 1.56. The summed E-state index contributed by atoms with van der Waals surface area (Å²) in [6, 6.07) is 3.16. The minimum absolute atomic E-state index is 0.0206. The van der Waals surface area contributed by atoms with Crippen LogP contribution in [0.25, 0.3) is 0 Å². The molecule has 19 heavy (non-hydrogen) atoms. The van der Waals surface area contributed by atoms with E-state index < -0.39 is 4.92 Å². The summed E-state index contributed by atoms with van der Waals surface area (Å²) in [7, 11) is 0. The van der Waals surface area contributed by atoms with Crippen LogP contribution in [0.15, 0.2) is 12.1 Å². The molecule has 6 heteroatoms. The van der Waals surface area contributed by atoms with E-state index in [0.717, 1.165) is 0 Å². The number of aryl methyl sites for hydroxylation is 2. The van der Waals surface area contributed by atoms with E-state index in [1.54, 1.807) is 24.8 Å². The van der Waals surface area contributed by atoms with Crippen LogP contribution in [0.5, 0.6) is 0 Å². The molecule has 1 aliphatic rings. The number of aliphatic hydroxyl groups is 1. The highest BCUT2D eigenvalue weighted by atomic mass is 16.6. The van der Waals surface area contributed by atoms with Crippen LogP contribution in [0.2, 0.25) is 0 Å². The number of amides is 1. The van der Waals surface area contributed by atoms with Crippen molar-refractivity contribution in [2.24, 2.45) is 5.92 Å². The first-order valence-electron chi connectivity index (χ1n) is 6.11. The molecule has 1 aliphatic heterocycles. The SMILES string of the molecule is Cc1cc([N+](=O)[O-])c(C)cc1N1CC(CO)CC1=O. The maximum Gasteiger partial charge on any atom is 0.272 e. The molecule has 1 fully saturated rings. The smallest absolute Gasteiger partial charge is 0.272 e. The second-order valence-corrected chi connectivity index (χ2v) is 4.94. The molecule has 1 amide bonds. The van der Waals surface area contributed by atoms with Crippen molar-refractivity contribution < 1.29 is 14.8 Å². The van der Waals surface area contributed by atoms with Crippen molar-refractivity contribution in [1.82, 2.24) is 0 Å². The zero-order valence-electron chi connectivity index (χ0n) is 10.9. The number of carbonyl (C=O) groups excluding carboxylic acids is 1. The Morgan fingerprint density at radius 3 is 2.63 bits per heavy atom. The third-order valence-corrected chi connectivity index (χ3v) is 3.47. The van der Waals surface area contributed by atoms with Gasteiger partial charge in [-0.05, 0) is 25.5 Å². The van der Waals surface area contributed by atoms with Gasteiger partial charge in [0, 0.05) is 42.8 Å². The number of hydrogen-bond acceptors (Lipinski definition) is 4. The van der Waals surface area contributed by atoms with Crippen LogP contribution in [-0.4, -0.2) is 29.1 Å². The summed E-state index contributed by atoms with van der Waals surface area (Å²) < 4.78 is 0. The fraction of sp³-hybridized carbons (Fsp3) is 0.462. The average molecular weight is 264 g/mol. The van der Waals surface area contributed by atoms with Gasteiger partial charge in [0.05, 0.1) is 4.92 Å². The summed E-state index contributed by atoms with van der Waals surface area (Å²) in [5.74, 6) is -0.0993. The fourth-order valence-corrected chi connectivity index (χ4v) is 2.41. The monoisotopic (exact) mass is 264 g/mol. The van der Waals surface area contributed by atoms with Gasteiger partial charge in [-0.25, -0.2) is 0 Å². The number of carbonyl (C=O) groups is 1. The van der Waals surface area contributed by atoms with E-state index in [0.29, 0.717) is 29.8 Å². The van der Waals surface area contributed by atoms with E-state index in [1.165, 1.54) is 6.07 Å². The summed E-state index contributed by atoms with van der Waals surface area (Å²) >= 11 is 0. The molecular formula is C13H16N2O4. The lowest BCUT2D eigenvalue weighted by Crippen LogP contribution is -2.25. The normalized spacial score (nSPS) is 19.0. The molecule has 1 atom stereocenters. The highest BCUT2D eigenvalue weighted by Crippen LogP contribution is 2.32. The Kier molecular flexibility index (Phi) is 3.53. The first-order chi connectivity index (χ1) is 8.93. The van der Waals surface area contributed by atoms with Crippen molar-refractivity contribution in [2.45, 2.75) is 20.3 Å². The molecule has 0 spiro atoms. The molecule has 0 radical (unpaired) electrons. The molecule has 1 aromatic carbocycles. The average Bonchev–Trinajstić information content (AvgIpc) is 2.72. The summed E-state index contributed by atoms with van der Waals surface area (Å²) in [5, 5.41) is 20.0. The topological polar surface area (TPSA) is 83.7 Å². The summed E-state index contributed by atoms with van der Waals surface area (Å²) in [6.45, 7) is 3.85. The largest absolute Gasteiger partial charge is 0.396 e. The van der Waals surface area contributed by atoms with Gasteiger partial charge in [0.25, 0.3) is 5.69 Å². The van der Waals surface area contributed by atoms with Crippen LogP contribution in [0.1, 0.15) is 17.5 Å². The van der Waals surface area contributed by atoms with Gasteiger partial charge in [-0.15, -0.1) is 0 Å². The molecule has 6 nitrogen and oxygen atoms in total. The van der Waals surface area contributed by atoms with Crippen LogP contribution in [0.3, 0.4) is 0 Å². The second kappa shape index (κ2) is 4.97. The number of nitrogens with zero attached hydrogens (tertiary/aromatic N) is 2. The first kappa shape index (κ1) is 13.5. The standard InChI is InChI=1S/C13H16N2O4/c1-8-4-12(15(18)19)9(2)3-11(8)14-6-10(7-16)5-13(14)17/h3-4,10,16H,5-7H2,1-2H3. The highest BCUT2D eigenvalue weighted by molar-refractivity contribution is 5.96. The van der Waals surface area contributed by atoms with Gasteiger partial charge < -0.3 is 10.0 Å². The van der Waals surface area contributed by atoms with E-state index in [4.69, 9.17) is 5.11 Å². The highest BCUT2D eigenvalue weighted by Gasteiger charge is 2.31. The van der Waals surface area contributed by atoms with Crippen LogP contribution in [0.4, 0.5) is 11.4 Å².